The third kappa shape index (κ3) is 2.69. The molecular weight excluding hydrogens is 189 g/mol. The van der Waals surface area contributed by atoms with E-state index in [-0.39, 0.29) is 11.4 Å². The van der Waals surface area contributed by atoms with Crippen molar-refractivity contribution in [1.29, 1.82) is 0 Å². The number of nitrogens with zero attached hydrogens (tertiary/aromatic N) is 1. The van der Waals surface area contributed by atoms with Crippen LogP contribution in [0.2, 0.25) is 0 Å². The van der Waals surface area contributed by atoms with Gasteiger partial charge in [0.25, 0.3) is 0 Å². The van der Waals surface area contributed by atoms with Crippen LogP contribution in [0.25, 0.3) is 0 Å². The van der Waals surface area contributed by atoms with Crippen LogP contribution in [-0.4, -0.2) is 10.8 Å². The number of nitro groups is 1. The molecule has 0 N–H and O–H groups in total. The zero-order chi connectivity index (χ0) is 10.8. The minimum Gasteiger partial charge on any atom is -0.451 e. The first-order valence-corrected chi connectivity index (χ1v) is 4.01. The van der Waals surface area contributed by atoms with Crippen LogP contribution < -0.4 is 4.74 Å². The highest BCUT2D eigenvalue weighted by Gasteiger charge is 2.22. The van der Waals surface area contributed by atoms with Crippen molar-refractivity contribution in [2.75, 3.05) is 0 Å². The van der Waals surface area contributed by atoms with Crippen LogP contribution in [0.1, 0.15) is 13.8 Å². The molecule has 0 aliphatic heterocycles. The third-order valence-corrected chi connectivity index (χ3v) is 1.41. The Morgan fingerprint density at radius 2 is 2.00 bits per heavy atom. The van der Waals surface area contributed by atoms with Gasteiger partial charge in [-0.2, -0.15) is 4.39 Å². The molecule has 5 heteroatoms. The van der Waals surface area contributed by atoms with E-state index in [4.69, 9.17) is 4.74 Å². The molecule has 76 valence electrons. The molecule has 0 heterocycles. The van der Waals surface area contributed by atoms with Crippen LogP contribution in [0.3, 0.4) is 0 Å². The lowest BCUT2D eigenvalue weighted by Gasteiger charge is -2.16. The second kappa shape index (κ2) is 3.61. The van der Waals surface area contributed by atoms with E-state index >= 15 is 0 Å². The fourth-order valence-corrected chi connectivity index (χ4v) is 0.956. The lowest BCUT2D eigenvalue weighted by atomic mass is 10.3. The number of hydrogen-bond acceptors (Lipinski definition) is 3. The predicted octanol–water partition coefficient (Wildman–Crippen LogP) is 2.68. The van der Waals surface area contributed by atoms with Gasteiger partial charge in [0.2, 0.25) is 11.6 Å². The molecule has 0 unspecified atom stereocenters. The molecule has 0 saturated heterocycles. The van der Waals surface area contributed by atoms with Gasteiger partial charge in [0.1, 0.15) is 0 Å². The summed E-state index contributed by atoms with van der Waals surface area (Å²) in [6.45, 7) is 2.37. The Bertz CT molecular complexity index is 346. The van der Waals surface area contributed by atoms with Crippen LogP contribution in [0, 0.1) is 10.1 Å². The van der Waals surface area contributed by atoms with E-state index in [1.807, 2.05) is 0 Å². The summed E-state index contributed by atoms with van der Waals surface area (Å²) in [5.41, 5.74) is -0.238. The van der Waals surface area contributed by atoms with Crippen LogP contribution in [0.5, 0.6) is 5.75 Å². The van der Waals surface area contributed by atoms with Crippen molar-refractivity contribution < 1.29 is 14.1 Å². The zero-order valence-electron chi connectivity index (χ0n) is 7.86. The second-order valence-corrected chi connectivity index (χ2v) is 3.19. The molecule has 0 bridgehead atoms. The summed E-state index contributed by atoms with van der Waals surface area (Å²) in [6.07, 6.45) is 0. The highest BCUT2D eigenvalue weighted by molar-refractivity contribution is 5.45. The Hall–Kier alpha value is -1.65. The molecule has 1 aromatic carbocycles. The van der Waals surface area contributed by atoms with Gasteiger partial charge >= 0.3 is 5.69 Å². The van der Waals surface area contributed by atoms with Crippen molar-refractivity contribution in [2.45, 2.75) is 19.7 Å². The maximum atomic E-state index is 13.1. The summed E-state index contributed by atoms with van der Waals surface area (Å²) in [6, 6.07) is 5.67. The SMILES string of the molecule is CC(C)(F)Oc1ccccc1[N+](=O)[O-]. The number of para-hydroxylation sites is 2. The fraction of sp³-hybridized carbons (Fsp3) is 0.333. The Morgan fingerprint density at radius 3 is 2.50 bits per heavy atom. The van der Waals surface area contributed by atoms with Gasteiger partial charge in [-0.25, -0.2) is 0 Å². The van der Waals surface area contributed by atoms with Crippen LogP contribution in [0.4, 0.5) is 10.1 Å². The van der Waals surface area contributed by atoms with Gasteiger partial charge in [-0.05, 0) is 6.07 Å². The lowest BCUT2D eigenvalue weighted by molar-refractivity contribution is -0.386. The van der Waals surface area contributed by atoms with Gasteiger partial charge in [0.15, 0.2) is 0 Å². The van der Waals surface area contributed by atoms with Crippen molar-refractivity contribution in [3.8, 4) is 5.75 Å². The minimum atomic E-state index is -1.92. The van der Waals surface area contributed by atoms with E-state index in [1.54, 1.807) is 6.07 Å². The van der Waals surface area contributed by atoms with E-state index in [9.17, 15) is 14.5 Å². The van der Waals surface area contributed by atoms with Crippen LogP contribution >= 0.6 is 0 Å². The molecule has 0 fully saturated rings. The van der Waals surface area contributed by atoms with Gasteiger partial charge in [-0.1, -0.05) is 12.1 Å². The molecule has 0 aliphatic rings. The predicted molar refractivity (Wildman–Crippen MR) is 48.9 cm³/mol. The first kappa shape index (κ1) is 10.4. The first-order chi connectivity index (χ1) is 6.40. The number of rotatable bonds is 3. The minimum absolute atomic E-state index is 0.0648. The summed E-state index contributed by atoms with van der Waals surface area (Å²) in [5, 5.41) is 10.5. The molecule has 0 radical (unpaired) electrons. The largest absolute Gasteiger partial charge is 0.451 e. The Kier molecular flexibility index (Phi) is 2.69. The summed E-state index contributed by atoms with van der Waals surface area (Å²) in [5.74, 6) is -1.99. The second-order valence-electron chi connectivity index (χ2n) is 3.19. The lowest BCUT2D eigenvalue weighted by Crippen LogP contribution is -2.21. The number of ether oxygens (including phenoxy) is 1. The topological polar surface area (TPSA) is 52.4 Å². The maximum Gasteiger partial charge on any atom is 0.311 e. The quantitative estimate of drug-likeness (QED) is 0.555. The van der Waals surface area contributed by atoms with Gasteiger partial charge in [-0.3, -0.25) is 10.1 Å². The van der Waals surface area contributed by atoms with Crippen LogP contribution in [-0.2, 0) is 0 Å². The third-order valence-electron chi connectivity index (χ3n) is 1.41. The van der Waals surface area contributed by atoms with E-state index in [1.165, 1.54) is 32.0 Å². The van der Waals surface area contributed by atoms with Crippen molar-refractivity contribution >= 4 is 5.69 Å². The standard InChI is InChI=1S/C9H10FNO3/c1-9(2,10)14-8-6-4-3-5-7(8)11(12)13/h3-6H,1-2H3. The van der Waals surface area contributed by atoms with Gasteiger partial charge in [0.05, 0.1) is 4.92 Å². The highest BCUT2D eigenvalue weighted by Crippen LogP contribution is 2.29. The molecule has 0 saturated carbocycles. The average molecular weight is 199 g/mol. The number of halogens is 1. The molecule has 1 aromatic rings. The Labute approximate surface area is 80.5 Å². The Morgan fingerprint density at radius 1 is 1.43 bits per heavy atom. The molecule has 0 aliphatic carbocycles. The molecule has 4 nitrogen and oxygen atoms in total. The normalized spacial score (nSPS) is 11.1. The zero-order valence-corrected chi connectivity index (χ0v) is 7.86. The monoisotopic (exact) mass is 199 g/mol. The van der Waals surface area contributed by atoms with Crippen molar-refractivity contribution in [3.05, 3.63) is 34.4 Å². The molecule has 0 spiro atoms. The van der Waals surface area contributed by atoms with Crippen molar-refractivity contribution in [1.82, 2.24) is 0 Å². The van der Waals surface area contributed by atoms with E-state index in [0.717, 1.165) is 0 Å². The number of nitro benzene ring substituents is 1. The molecule has 1 rings (SSSR count). The first-order valence-electron chi connectivity index (χ1n) is 4.01. The average Bonchev–Trinajstić information content (AvgIpc) is 2.01. The van der Waals surface area contributed by atoms with Gasteiger partial charge < -0.3 is 4.74 Å². The van der Waals surface area contributed by atoms with Crippen molar-refractivity contribution in [2.24, 2.45) is 0 Å². The highest BCUT2D eigenvalue weighted by atomic mass is 19.2. The van der Waals surface area contributed by atoms with Gasteiger partial charge in [-0.15, -0.1) is 0 Å². The molecule has 0 atom stereocenters. The van der Waals surface area contributed by atoms with Crippen LogP contribution in [0.15, 0.2) is 24.3 Å². The summed E-state index contributed by atoms with van der Waals surface area (Å²) in [4.78, 5) is 9.90. The summed E-state index contributed by atoms with van der Waals surface area (Å²) < 4.78 is 17.9. The summed E-state index contributed by atoms with van der Waals surface area (Å²) >= 11 is 0. The van der Waals surface area contributed by atoms with E-state index in [2.05, 4.69) is 0 Å². The summed E-state index contributed by atoms with van der Waals surface area (Å²) in [7, 11) is 0. The smallest absolute Gasteiger partial charge is 0.311 e. The number of alkyl halides is 1. The molecule has 0 amide bonds. The molecular formula is C9H10FNO3. The number of hydrogen-bond donors (Lipinski definition) is 0. The number of benzene rings is 1. The van der Waals surface area contributed by atoms with E-state index in [0.29, 0.717) is 0 Å². The van der Waals surface area contributed by atoms with Crippen molar-refractivity contribution in [3.63, 3.8) is 0 Å². The molecule has 14 heavy (non-hydrogen) atoms. The Balaban J connectivity index is 3.02. The van der Waals surface area contributed by atoms with E-state index < -0.39 is 10.8 Å². The van der Waals surface area contributed by atoms with Gasteiger partial charge in [0, 0.05) is 19.9 Å². The fourth-order valence-electron chi connectivity index (χ4n) is 0.956. The molecule has 0 aromatic heterocycles. The maximum absolute atomic E-state index is 13.1.